The van der Waals surface area contributed by atoms with E-state index in [1.165, 1.54) is 15.6 Å². The molecular weight excluding hydrogens is 254 g/mol. The fraction of sp³-hybridized carbons (Fsp3) is 0.500. The third-order valence-corrected chi connectivity index (χ3v) is 5.00. The Morgan fingerprint density at radius 2 is 2.26 bits per heavy atom. The first kappa shape index (κ1) is 13.1. The maximum Gasteiger partial charge on any atom is 0.0512 e. The van der Waals surface area contributed by atoms with Gasteiger partial charge in [-0.15, -0.1) is 11.3 Å². The molecule has 2 unspecified atom stereocenters. The number of fused-ring (bicyclic) bond motifs is 1. The Morgan fingerprint density at radius 3 is 3.16 bits per heavy atom. The van der Waals surface area contributed by atoms with Gasteiger partial charge in [-0.1, -0.05) is 25.1 Å². The highest BCUT2D eigenvalue weighted by atomic mass is 32.1. The highest BCUT2D eigenvalue weighted by molar-refractivity contribution is 7.17. The van der Waals surface area contributed by atoms with Crippen LogP contribution in [0.1, 0.15) is 18.9 Å². The normalized spacial score (nSPS) is 23.8. The van der Waals surface area contributed by atoms with Gasteiger partial charge in [0.25, 0.3) is 0 Å². The molecule has 19 heavy (non-hydrogen) atoms. The number of ether oxygens (including phenoxy) is 1. The lowest BCUT2D eigenvalue weighted by Gasteiger charge is -2.32. The molecule has 2 atom stereocenters. The second-order valence-electron chi connectivity index (χ2n) is 5.25. The summed E-state index contributed by atoms with van der Waals surface area (Å²) in [5.74, 6) is 0.603. The monoisotopic (exact) mass is 275 g/mol. The van der Waals surface area contributed by atoms with Crippen molar-refractivity contribution in [2.24, 2.45) is 5.92 Å². The van der Waals surface area contributed by atoms with E-state index in [1.54, 1.807) is 0 Å². The van der Waals surface area contributed by atoms with Gasteiger partial charge in [0, 0.05) is 23.3 Å². The van der Waals surface area contributed by atoms with Gasteiger partial charge in [-0.3, -0.25) is 0 Å². The van der Waals surface area contributed by atoms with Crippen molar-refractivity contribution in [2.75, 3.05) is 19.8 Å². The minimum Gasteiger partial charge on any atom is -0.381 e. The van der Waals surface area contributed by atoms with Crippen LogP contribution in [0.4, 0.5) is 0 Å². The second-order valence-corrected chi connectivity index (χ2v) is 6.16. The summed E-state index contributed by atoms with van der Waals surface area (Å²) in [5.41, 5.74) is 1.49. The lowest BCUT2D eigenvalue weighted by Crippen LogP contribution is -2.43. The minimum absolute atomic E-state index is 0.603. The second kappa shape index (κ2) is 6.04. The van der Waals surface area contributed by atoms with E-state index in [0.717, 1.165) is 32.6 Å². The fourth-order valence-electron chi connectivity index (χ4n) is 3.00. The van der Waals surface area contributed by atoms with Crippen molar-refractivity contribution >= 4 is 21.4 Å². The zero-order valence-electron chi connectivity index (χ0n) is 11.4. The van der Waals surface area contributed by atoms with E-state index in [1.807, 2.05) is 11.3 Å². The predicted molar refractivity (Wildman–Crippen MR) is 81.9 cm³/mol. The molecule has 1 aliphatic rings. The van der Waals surface area contributed by atoms with E-state index in [9.17, 15) is 0 Å². The van der Waals surface area contributed by atoms with E-state index < -0.39 is 0 Å². The van der Waals surface area contributed by atoms with Crippen LogP contribution in [0.2, 0.25) is 0 Å². The summed E-state index contributed by atoms with van der Waals surface area (Å²) in [5, 5.41) is 7.36. The highest BCUT2D eigenvalue weighted by Gasteiger charge is 2.25. The van der Waals surface area contributed by atoms with Crippen LogP contribution >= 0.6 is 11.3 Å². The van der Waals surface area contributed by atoms with Gasteiger partial charge in [-0.25, -0.2) is 0 Å². The van der Waals surface area contributed by atoms with Gasteiger partial charge < -0.3 is 10.1 Å². The molecule has 1 aromatic heterocycles. The Kier molecular flexibility index (Phi) is 4.16. The van der Waals surface area contributed by atoms with Gasteiger partial charge >= 0.3 is 0 Å². The number of thiophene rings is 1. The molecule has 0 aliphatic carbocycles. The molecule has 1 saturated heterocycles. The largest absolute Gasteiger partial charge is 0.381 e. The maximum atomic E-state index is 5.68. The Labute approximate surface area is 118 Å². The van der Waals surface area contributed by atoms with Gasteiger partial charge in [-0.2, -0.15) is 0 Å². The molecule has 0 radical (unpaired) electrons. The van der Waals surface area contributed by atoms with Gasteiger partial charge in [0.1, 0.15) is 0 Å². The fourth-order valence-corrected chi connectivity index (χ4v) is 3.98. The lowest BCUT2D eigenvalue weighted by atomic mass is 9.89. The SMILES string of the molecule is CCNC1CCOCC1Cc1csc2ccccc12. The number of hydrogen-bond acceptors (Lipinski definition) is 3. The topological polar surface area (TPSA) is 21.3 Å². The molecule has 1 aliphatic heterocycles. The van der Waals surface area contributed by atoms with Crippen LogP contribution in [-0.4, -0.2) is 25.8 Å². The standard InChI is InChI=1S/C16H21NOS/c1-2-17-15-7-8-18-10-12(15)9-13-11-19-16-6-4-3-5-14(13)16/h3-6,11-12,15,17H,2,7-10H2,1H3. The maximum absolute atomic E-state index is 5.68. The van der Waals surface area contributed by atoms with E-state index in [4.69, 9.17) is 4.74 Å². The third kappa shape index (κ3) is 2.83. The van der Waals surface area contributed by atoms with Crippen LogP contribution < -0.4 is 5.32 Å². The van der Waals surface area contributed by atoms with Crippen molar-refractivity contribution in [3.05, 3.63) is 35.2 Å². The predicted octanol–water partition coefficient (Wildman–Crippen LogP) is 3.46. The van der Waals surface area contributed by atoms with Crippen LogP contribution in [0.5, 0.6) is 0 Å². The molecule has 1 N–H and O–H groups in total. The molecule has 3 heteroatoms. The average molecular weight is 275 g/mol. The van der Waals surface area contributed by atoms with E-state index >= 15 is 0 Å². The van der Waals surface area contributed by atoms with Crippen LogP contribution in [-0.2, 0) is 11.2 Å². The molecule has 0 saturated carbocycles. The molecular formula is C16H21NOS. The Balaban J connectivity index is 1.79. The van der Waals surface area contributed by atoms with Crippen molar-refractivity contribution in [3.63, 3.8) is 0 Å². The van der Waals surface area contributed by atoms with Crippen LogP contribution in [0.3, 0.4) is 0 Å². The number of nitrogens with one attached hydrogen (secondary N) is 1. The van der Waals surface area contributed by atoms with Crippen LogP contribution in [0.15, 0.2) is 29.6 Å². The number of rotatable bonds is 4. The zero-order chi connectivity index (χ0) is 13.1. The van der Waals surface area contributed by atoms with E-state index in [2.05, 4.69) is 41.9 Å². The molecule has 0 amide bonds. The minimum atomic E-state index is 0.603. The van der Waals surface area contributed by atoms with Gasteiger partial charge in [0.15, 0.2) is 0 Å². The molecule has 2 nitrogen and oxygen atoms in total. The average Bonchev–Trinajstić information content (AvgIpc) is 2.85. The first-order valence-corrected chi connectivity index (χ1v) is 8.02. The van der Waals surface area contributed by atoms with Crippen molar-refractivity contribution in [2.45, 2.75) is 25.8 Å². The van der Waals surface area contributed by atoms with Crippen LogP contribution in [0, 0.1) is 5.92 Å². The van der Waals surface area contributed by atoms with Crippen molar-refractivity contribution in [1.82, 2.24) is 5.32 Å². The molecule has 0 bridgehead atoms. The van der Waals surface area contributed by atoms with Gasteiger partial charge in [-0.05, 0) is 41.8 Å². The zero-order valence-corrected chi connectivity index (χ0v) is 12.2. The Bertz CT molecular complexity index is 534. The smallest absolute Gasteiger partial charge is 0.0512 e. The molecule has 1 fully saturated rings. The molecule has 3 rings (SSSR count). The van der Waals surface area contributed by atoms with Crippen molar-refractivity contribution in [1.29, 1.82) is 0 Å². The Morgan fingerprint density at radius 1 is 1.37 bits per heavy atom. The highest BCUT2D eigenvalue weighted by Crippen LogP contribution is 2.29. The summed E-state index contributed by atoms with van der Waals surface area (Å²) < 4.78 is 7.08. The summed E-state index contributed by atoms with van der Waals surface area (Å²) in [6, 6.07) is 9.32. The summed E-state index contributed by atoms with van der Waals surface area (Å²) >= 11 is 1.86. The van der Waals surface area contributed by atoms with E-state index in [-0.39, 0.29) is 0 Å². The molecule has 2 aromatic rings. The first-order valence-electron chi connectivity index (χ1n) is 7.14. The summed E-state index contributed by atoms with van der Waals surface area (Å²) in [6.45, 7) is 5.03. The van der Waals surface area contributed by atoms with Crippen LogP contribution in [0.25, 0.3) is 10.1 Å². The third-order valence-electron chi connectivity index (χ3n) is 3.98. The quantitative estimate of drug-likeness (QED) is 0.922. The molecule has 2 heterocycles. The van der Waals surface area contributed by atoms with E-state index in [0.29, 0.717) is 12.0 Å². The molecule has 0 spiro atoms. The van der Waals surface area contributed by atoms with Crippen molar-refractivity contribution in [3.8, 4) is 0 Å². The number of benzene rings is 1. The summed E-state index contributed by atoms with van der Waals surface area (Å²) in [4.78, 5) is 0. The first-order chi connectivity index (χ1) is 9.38. The lowest BCUT2D eigenvalue weighted by molar-refractivity contribution is 0.0328. The molecule has 1 aromatic carbocycles. The van der Waals surface area contributed by atoms with Gasteiger partial charge in [0.2, 0.25) is 0 Å². The number of hydrogen-bond donors (Lipinski definition) is 1. The van der Waals surface area contributed by atoms with Crippen molar-refractivity contribution < 1.29 is 4.74 Å². The Hall–Kier alpha value is -0.900. The van der Waals surface area contributed by atoms with Gasteiger partial charge in [0.05, 0.1) is 6.61 Å². The summed E-state index contributed by atoms with van der Waals surface area (Å²) in [7, 11) is 0. The summed E-state index contributed by atoms with van der Waals surface area (Å²) in [6.07, 6.45) is 2.27. The molecule has 102 valence electrons.